The first-order chi connectivity index (χ1) is 20.2. The quantitative estimate of drug-likeness (QED) is 0.112. The van der Waals surface area contributed by atoms with Crippen molar-refractivity contribution in [2.45, 2.75) is 0 Å². The molecular formula is C27H21N3O9S3. The normalized spacial score (nSPS) is 11.5. The minimum absolute atomic E-state index is 0.00867. The van der Waals surface area contributed by atoms with Crippen molar-refractivity contribution in [1.82, 2.24) is 0 Å². The molecule has 0 atom stereocenters. The van der Waals surface area contributed by atoms with Gasteiger partial charge in [0, 0.05) is 32.8 Å². The van der Waals surface area contributed by atoms with Gasteiger partial charge in [0.25, 0.3) is 0 Å². The van der Waals surface area contributed by atoms with E-state index < -0.39 is 14.8 Å². The lowest BCUT2D eigenvalue weighted by molar-refractivity contribution is -0.380. The molecule has 0 fully saturated rings. The Kier molecular flexibility index (Phi) is 9.46. The van der Waals surface area contributed by atoms with E-state index in [1.54, 1.807) is 54.7 Å². The third-order valence-electron chi connectivity index (χ3n) is 5.70. The third kappa shape index (κ3) is 6.54. The number of rotatable bonds is 12. The van der Waals surface area contributed by atoms with Crippen molar-refractivity contribution in [3.8, 4) is 17.2 Å². The number of ether oxygens (including phenoxy) is 3. The van der Waals surface area contributed by atoms with Gasteiger partial charge in [0.05, 0.1) is 52.8 Å². The average molecular weight is 628 g/mol. The number of methoxy groups -OCH3 is 3. The van der Waals surface area contributed by atoms with Crippen molar-refractivity contribution in [1.29, 1.82) is 0 Å². The molecule has 4 aromatic rings. The average Bonchev–Trinajstić information content (AvgIpc) is 3.74. The third-order valence-corrected chi connectivity index (χ3v) is 8.71. The van der Waals surface area contributed by atoms with Gasteiger partial charge in [-0.1, -0.05) is 34.0 Å². The summed E-state index contributed by atoms with van der Waals surface area (Å²) in [6.45, 7) is 0. The van der Waals surface area contributed by atoms with Crippen LogP contribution < -0.4 is 14.2 Å². The van der Waals surface area contributed by atoms with Crippen molar-refractivity contribution in [2.75, 3.05) is 21.3 Å². The predicted molar refractivity (Wildman–Crippen MR) is 166 cm³/mol. The Morgan fingerprint density at radius 2 is 0.762 bits per heavy atom. The van der Waals surface area contributed by atoms with Gasteiger partial charge in [-0.05, 0) is 54.7 Å². The molecule has 0 saturated carbocycles. The van der Waals surface area contributed by atoms with Crippen LogP contribution in [0.5, 0.6) is 17.2 Å². The summed E-state index contributed by atoms with van der Waals surface area (Å²) in [4.78, 5) is 33.9. The van der Waals surface area contributed by atoms with Gasteiger partial charge in [0.2, 0.25) is 0 Å². The molecule has 0 radical (unpaired) electrons. The molecule has 216 valence electrons. The molecule has 0 amide bonds. The predicted octanol–water partition coefficient (Wildman–Crippen LogP) is 8.13. The van der Waals surface area contributed by atoms with Crippen LogP contribution in [0.15, 0.2) is 36.4 Å². The summed E-state index contributed by atoms with van der Waals surface area (Å²) in [5, 5.41) is 33.4. The van der Waals surface area contributed by atoms with Crippen molar-refractivity contribution < 1.29 is 29.0 Å². The zero-order valence-corrected chi connectivity index (χ0v) is 24.6. The van der Waals surface area contributed by atoms with E-state index in [0.717, 1.165) is 34.0 Å². The van der Waals surface area contributed by atoms with E-state index in [0.29, 0.717) is 48.6 Å². The topological polar surface area (TPSA) is 157 Å². The Morgan fingerprint density at radius 3 is 0.952 bits per heavy atom. The highest BCUT2D eigenvalue weighted by Gasteiger charge is 2.23. The van der Waals surface area contributed by atoms with E-state index in [1.807, 2.05) is 0 Å². The van der Waals surface area contributed by atoms with E-state index in [4.69, 9.17) is 14.2 Å². The minimum atomic E-state index is -0.466. The molecule has 0 saturated heterocycles. The van der Waals surface area contributed by atoms with Gasteiger partial charge in [-0.2, -0.15) is 0 Å². The zero-order chi connectivity index (χ0) is 30.4. The summed E-state index contributed by atoms with van der Waals surface area (Å²) in [7, 11) is 4.40. The summed E-state index contributed by atoms with van der Waals surface area (Å²) >= 11 is 3.00. The van der Waals surface area contributed by atoms with E-state index in [9.17, 15) is 30.3 Å². The van der Waals surface area contributed by atoms with Crippen LogP contribution in [-0.2, 0) is 0 Å². The first-order valence-electron chi connectivity index (χ1n) is 11.8. The van der Waals surface area contributed by atoms with Gasteiger partial charge in [0.15, 0.2) is 0 Å². The molecule has 42 heavy (non-hydrogen) atoms. The molecule has 0 N–H and O–H groups in total. The second-order valence-electron chi connectivity index (χ2n) is 8.14. The monoisotopic (exact) mass is 627 g/mol. The number of hydrogen-bond acceptors (Lipinski definition) is 12. The fraction of sp³-hybridized carbons (Fsp3) is 0.111. The van der Waals surface area contributed by atoms with Crippen LogP contribution in [0.2, 0.25) is 0 Å². The molecular weight excluding hydrogens is 607 g/mol. The fourth-order valence-corrected chi connectivity index (χ4v) is 6.12. The van der Waals surface area contributed by atoms with Crippen molar-refractivity contribution in [3.05, 3.63) is 98.1 Å². The lowest BCUT2D eigenvalue weighted by atomic mass is 9.98. The number of hydrogen-bond donors (Lipinski definition) is 0. The minimum Gasteiger partial charge on any atom is -0.495 e. The second-order valence-corrected chi connectivity index (χ2v) is 11.4. The highest BCUT2D eigenvalue weighted by molar-refractivity contribution is 7.16. The maximum Gasteiger partial charge on any atom is 0.324 e. The summed E-state index contributed by atoms with van der Waals surface area (Å²) in [5.74, 6) is 1.08. The molecule has 4 rings (SSSR count). The van der Waals surface area contributed by atoms with Crippen LogP contribution in [0, 0.1) is 30.3 Å². The largest absolute Gasteiger partial charge is 0.495 e. The van der Waals surface area contributed by atoms with Gasteiger partial charge < -0.3 is 14.2 Å². The molecule has 1 aromatic carbocycles. The van der Waals surface area contributed by atoms with Gasteiger partial charge in [-0.3, -0.25) is 30.3 Å². The van der Waals surface area contributed by atoms with Crippen LogP contribution >= 0.6 is 34.0 Å². The molecule has 12 nitrogen and oxygen atoms in total. The van der Waals surface area contributed by atoms with Crippen LogP contribution in [-0.4, -0.2) is 36.1 Å². The van der Waals surface area contributed by atoms with E-state index >= 15 is 0 Å². The summed E-state index contributed by atoms with van der Waals surface area (Å²) in [6.07, 6.45) is 10.2. The van der Waals surface area contributed by atoms with Crippen molar-refractivity contribution >= 4 is 85.5 Å². The molecule has 0 bridgehead atoms. The lowest BCUT2D eigenvalue weighted by Gasteiger charge is -2.20. The van der Waals surface area contributed by atoms with Gasteiger partial charge in [-0.25, -0.2) is 0 Å². The molecule has 3 heterocycles. The number of nitrogens with zero attached hydrogens (tertiary/aromatic N) is 3. The van der Waals surface area contributed by atoms with Crippen molar-refractivity contribution in [3.63, 3.8) is 0 Å². The highest BCUT2D eigenvalue weighted by Crippen LogP contribution is 2.47. The lowest BCUT2D eigenvalue weighted by Crippen LogP contribution is -2.02. The summed E-state index contributed by atoms with van der Waals surface area (Å²) in [6, 6.07) is 9.10. The van der Waals surface area contributed by atoms with Crippen molar-refractivity contribution in [2.24, 2.45) is 0 Å². The fourth-order valence-electron chi connectivity index (χ4n) is 3.94. The van der Waals surface area contributed by atoms with Gasteiger partial charge >= 0.3 is 15.0 Å². The summed E-state index contributed by atoms with van der Waals surface area (Å²) in [5.41, 5.74) is 1.47. The van der Waals surface area contributed by atoms with Crippen LogP contribution in [0.4, 0.5) is 15.0 Å². The SMILES string of the molecule is COc1c(/C=C/c2ccc([N+](=O)[O-])s2)c(OC)c(/C=C/c2ccc([N+](=O)[O-])s2)c(OC)c1/C=C/c1ccc([N+](=O)[O-])s1. The van der Waals surface area contributed by atoms with E-state index in [-0.39, 0.29) is 15.0 Å². The molecule has 0 unspecified atom stereocenters. The van der Waals surface area contributed by atoms with Gasteiger partial charge in [-0.15, -0.1) is 0 Å². The van der Waals surface area contributed by atoms with Crippen LogP contribution in [0.25, 0.3) is 36.5 Å². The Balaban J connectivity index is 1.92. The van der Waals surface area contributed by atoms with Crippen LogP contribution in [0.1, 0.15) is 31.3 Å². The molecule has 0 aliphatic carbocycles. The number of benzene rings is 1. The smallest absolute Gasteiger partial charge is 0.324 e. The Hall–Kier alpha value is -4.86. The number of thiophene rings is 3. The molecule has 3 aromatic heterocycles. The molecule has 0 spiro atoms. The standard InChI is InChI=1S/C27H21N3O9S3/c1-37-25-19(10-4-16-7-13-22(40-16)28(31)32)26(38-2)21(12-6-18-9-15-24(42-18)30(35)36)27(39-3)20(25)11-5-17-8-14-23(41-17)29(33)34/h4-15H,1-3H3/b10-4+,11-5+,12-6+. The Labute approximate surface area is 250 Å². The first-order valence-corrected chi connectivity index (χ1v) is 14.2. The Bertz CT molecular complexity index is 1530. The van der Waals surface area contributed by atoms with E-state index in [2.05, 4.69) is 0 Å². The maximum absolute atomic E-state index is 11.2. The van der Waals surface area contributed by atoms with E-state index in [1.165, 1.54) is 39.5 Å². The highest BCUT2D eigenvalue weighted by atomic mass is 32.1. The summed E-state index contributed by atoms with van der Waals surface area (Å²) < 4.78 is 17.4. The molecule has 0 aliphatic rings. The van der Waals surface area contributed by atoms with Crippen LogP contribution in [0.3, 0.4) is 0 Å². The molecule has 0 aliphatic heterocycles. The first kappa shape index (κ1) is 30.1. The second kappa shape index (κ2) is 13.2. The van der Waals surface area contributed by atoms with Gasteiger partial charge in [0.1, 0.15) is 17.2 Å². The molecule has 15 heteroatoms. The Morgan fingerprint density at radius 1 is 0.500 bits per heavy atom. The number of nitro groups is 3. The zero-order valence-electron chi connectivity index (χ0n) is 22.2. The maximum atomic E-state index is 11.2.